The van der Waals surface area contributed by atoms with Gasteiger partial charge < -0.3 is 16.6 Å². The van der Waals surface area contributed by atoms with Crippen LogP contribution in [0, 0.1) is 0 Å². The minimum atomic E-state index is -0.884. The highest BCUT2D eigenvalue weighted by atomic mass is 16.4. The average molecular weight is 242 g/mol. The lowest BCUT2D eigenvalue weighted by molar-refractivity contribution is -0.136. The zero-order chi connectivity index (χ0) is 13.1. The maximum absolute atomic E-state index is 10.9. The van der Waals surface area contributed by atoms with E-state index in [0.29, 0.717) is 16.9 Å². The van der Waals surface area contributed by atoms with Crippen molar-refractivity contribution in [1.82, 2.24) is 0 Å². The van der Waals surface area contributed by atoms with Crippen LogP contribution in [0.4, 0.5) is 11.4 Å². The Morgan fingerprint density at radius 1 is 1.11 bits per heavy atom. The van der Waals surface area contributed by atoms with E-state index in [2.05, 4.69) is 0 Å². The van der Waals surface area contributed by atoms with Crippen molar-refractivity contribution in [2.24, 2.45) is 0 Å². The fourth-order valence-corrected chi connectivity index (χ4v) is 1.98. The van der Waals surface area contributed by atoms with Crippen LogP contribution < -0.4 is 11.5 Å². The van der Waals surface area contributed by atoms with E-state index in [4.69, 9.17) is 16.6 Å². The molecule has 0 fully saturated rings. The maximum atomic E-state index is 10.9. The van der Waals surface area contributed by atoms with Crippen molar-refractivity contribution in [3.63, 3.8) is 0 Å². The number of carboxylic acid groups (broad SMARTS) is 1. The van der Waals surface area contributed by atoms with E-state index in [-0.39, 0.29) is 6.42 Å². The first kappa shape index (κ1) is 12.0. The Kier molecular flexibility index (Phi) is 3.19. The zero-order valence-corrected chi connectivity index (χ0v) is 9.76. The summed E-state index contributed by atoms with van der Waals surface area (Å²) in [6.07, 6.45) is -0.0603. The van der Waals surface area contributed by atoms with Crippen LogP contribution in [0.5, 0.6) is 0 Å². The average Bonchev–Trinajstić information content (AvgIpc) is 2.28. The van der Waals surface area contributed by atoms with Gasteiger partial charge in [-0.25, -0.2) is 0 Å². The Hall–Kier alpha value is -2.49. The second-order valence-electron chi connectivity index (χ2n) is 4.08. The summed E-state index contributed by atoms with van der Waals surface area (Å²) in [7, 11) is 0. The predicted octanol–water partition coefficient (Wildman–Crippen LogP) is 2.15. The summed E-state index contributed by atoms with van der Waals surface area (Å²) in [5.74, 6) is -0.884. The zero-order valence-electron chi connectivity index (χ0n) is 9.76. The van der Waals surface area contributed by atoms with Gasteiger partial charge in [-0.05, 0) is 29.3 Å². The van der Waals surface area contributed by atoms with Crippen molar-refractivity contribution < 1.29 is 9.90 Å². The second kappa shape index (κ2) is 4.79. The SMILES string of the molecule is Nc1cccc(-c2c(N)cccc2CC(=O)O)c1. The molecule has 0 saturated heterocycles. The van der Waals surface area contributed by atoms with Crippen molar-refractivity contribution >= 4 is 17.3 Å². The fraction of sp³-hybridized carbons (Fsp3) is 0.0714. The lowest BCUT2D eigenvalue weighted by Crippen LogP contribution is -2.04. The van der Waals surface area contributed by atoms with Gasteiger partial charge in [0, 0.05) is 16.9 Å². The number of carbonyl (C=O) groups is 1. The molecule has 0 unspecified atom stereocenters. The molecule has 0 saturated carbocycles. The van der Waals surface area contributed by atoms with E-state index >= 15 is 0 Å². The number of nitrogens with two attached hydrogens (primary N) is 2. The van der Waals surface area contributed by atoms with E-state index in [1.165, 1.54) is 0 Å². The van der Waals surface area contributed by atoms with Crippen molar-refractivity contribution in [2.75, 3.05) is 11.5 Å². The van der Waals surface area contributed by atoms with E-state index in [1.54, 1.807) is 30.3 Å². The Morgan fingerprint density at radius 3 is 2.50 bits per heavy atom. The molecule has 0 bridgehead atoms. The predicted molar refractivity (Wildman–Crippen MR) is 72.0 cm³/mol. The third-order valence-corrected chi connectivity index (χ3v) is 2.70. The van der Waals surface area contributed by atoms with Gasteiger partial charge in [0.2, 0.25) is 0 Å². The molecule has 0 aromatic heterocycles. The van der Waals surface area contributed by atoms with Crippen LogP contribution >= 0.6 is 0 Å². The third kappa shape index (κ3) is 2.43. The number of anilines is 2. The summed E-state index contributed by atoms with van der Waals surface area (Å²) in [6, 6.07) is 12.5. The van der Waals surface area contributed by atoms with Crippen LogP contribution in [0.25, 0.3) is 11.1 Å². The molecular weight excluding hydrogens is 228 g/mol. The van der Waals surface area contributed by atoms with E-state index in [1.807, 2.05) is 12.1 Å². The van der Waals surface area contributed by atoms with Gasteiger partial charge in [-0.3, -0.25) is 4.79 Å². The van der Waals surface area contributed by atoms with E-state index < -0.39 is 5.97 Å². The first-order valence-electron chi connectivity index (χ1n) is 5.53. The van der Waals surface area contributed by atoms with E-state index in [9.17, 15) is 4.79 Å². The summed E-state index contributed by atoms with van der Waals surface area (Å²) in [5, 5.41) is 8.92. The Balaban J connectivity index is 2.58. The Morgan fingerprint density at radius 2 is 1.83 bits per heavy atom. The fourth-order valence-electron chi connectivity index (χ4n) is 1.98. The third-order valence-electron chi connectivity index (χ3n) is 2.70. The minimum absolute atomic E-state index is 0.0603. The van der Waals surface area contributed by atoms with Gasteiger partial charge in [0.25, 0.3) is 0 Å². The number of hydrogen-bond donors (Lipinski definition) is 3. The van der Waals surface area contributed by atoms with Gasteiger partial charge in [0.05, 0.1) is 6.42 Å². The molecule has 0 radical (unpaired) electrons. The Labute approximate surface area is 105 Å². The number of aliphatic carboxylic acids is 1. The van der Waals surface area contributed by atoms with Crippen LogP contribution in [-0.2, 0) is 11.2 Å². The molecular formula is C14H14N2O2. The van der Waals surface area contributed by atoms with Gasteiger partial charge in [-0.2, -0.15) is 0 Å². The normalized spacial score (nSPS) is 10.2. The van der Waals surface area contributed by atoms with Crippen molar-refractivity contribution in [3.05, 3.63) is 48.0 Å². The molecule has 18 heavy (non-hydrogen) atoms. The molecule has 4 nitrogen and oxygen atoms in total. The molecule has 0 amide bonds. The highest BCUT2D eigenvalue weighted by Crippen LogP contribution is 2.31. The molecule has 0 aliphatic rings. The first-order chi connectivity index (χ1) is 8.58. The molecule has 2 aromatic carbocycles. The number of benzene rings is 2. The van der Waals surface area contributed by atoms with Gasteiger partial charge in [-0.1, -0.05) is 24.3 Å². The molecule has 4 heteroatoms. The van der Waals surface area contributed by atoms with Crippen LogP contribution in [0.3, 0.4) is 0 Å². The summed E-state index contributed by atoms with van der Waals surface area (Å²) in [4.78, 5) is 10.9. The minimum Gasteiger partial charge on any atom is -0.481 e. The van der Waals surface area contributed by atoms with Gasteiger partial charge in [-0.15, -0.1) is 0 Å². The largest absolute Gasteiger partial charge is 0.481 e. The van der Waals surface area contributed by atoms with Gasteiger partial charge >= 0.3 is 5.97 Å². The maximum Gasteiger partial charge on any atom is 0.307 e. The molecule has 0 heterocycles. The van der Waals surface area contributed by atoms with Crippen molar-refractivity contribution in [3.8, 4) is 11.1 Å². The molecule has 2 rings (SSSR count). The lowest BCUT2D eigenvalue weighted by Gasteiger charge is -2.11. The topological polar surface area (TPSA) is 89.3 Å². The molecule has 0 atom stereocenters. The van der Waals surface area contributed by atoms with Gasteiger partial charge in [0.1, 0.15) is 0 Å². The summed E-state index contributed by atoms with van der Waals surface area (Å²) in [6.45, 7) is 0. The molecule has 92 valence electrons. The van der Waals surface area contributed by atoms with Crippen molar-refractivity contribution in [2.45, 2.75) is 6.42 Å². The Bertz CT molecular complexity index is 594. The highest BCUT2D eigenvalue weighted by Gasteiger charge is 2.11. The van der Waals surface area contributed by atoms with Crippen LogP contribution in [0.15, 0.2) is 42.5 Å². The van der Waals surface area contributed by atoms with Crippen molar-refractivity contribution in [1.29, 1.82) is 0 Å². The molecule has 0 spiro atoms. The van der Waals surface area contributed by atoms with Crippen LogP contribution in [0.1, 0.15) is 5.56 Å². The number of rotatable bonds is 3. The number of nitrogen functional groups attached to an aromatic ring is 2. The smallest absolute Gasteiger partial charge is 0.307 e. The number of carboxylic acids is 1. The van der Waals surface area contributed by atoms with Crippen LogP contribution in [0.2, 0.25) is 0 Å². The molecule has 5 N–H and O–H groups in total. The van der Waals surface area contributed by atoms with Gasteiger partial charge in [0.15, 0.2) is 0 Å². The van der Waals surface area contributed by atoms with Crippen LogP contribution in [-0.4, -0.2) is 11.1 Å². The van der Waals surface area contributed by atoms with E-state index in [0.717, 1.165) is 11.1 Å². The number of hydrogen-bond acceptors (Lipinski definition) is 3. The quantitative estimate of drug-likeness (QED) is 0.719. The molecule has 0 aliphatic carbocycles. The molecule has 0 aliphatic heterocycles. The standard InChI is InChI=1S/C14H14N2O2/c15-11-5-1-3-9(7-11)14-10(8-13(17)18)4-2-6-12(14)16/h1-7H,8,15-16H2,(H,17,18). The second-order valence-corrected chi connectivity index (χ2v) is 4.08. The molecule has 2 aromatic rings. The highest BCUT2D eigenvalue weighted by molar-refractivity contribution is 5.84. The lowest BCUT2D eigenvalue weighted by atomic mass is 9.95. The first-order valence-corrected chi connectivity index (χ1v) is 5.53. The summed E-state index contributed by atoms with van der Waals surface area (Å²) >= 11 is 0. The summed E-state index contributed by atoms with van der Waals surface area (Å²) < 4.78 is 0. The summed E-state index contributed by atoms with van der Waals surface area (Å²) in [5.41, 5.74) is 15.1. The monoisotopic (exact) mass is 242 g/mol.